The summed E-state index contributed by atoms with van der Waals surface area (Å²) in [5.74, 6) is 1.50. The van der Waals surface area contributed by atoms with Crippen LogP contribution in [0.1, 0.15) is 39.4 Å². The number of nitrogens with one attached hydrogen (secondary N) is 1. The molecule has 0 radical (unpaired) electrons. The van der Waals surface area contributed by atoms with Crippen LogP contribution in [0.2, 0.25) is 0 Å². The highest BCUT2D eigenvalue weighted by atomic mass is 16.2. The van der Waals surface area contributed by atoms with Gasteiger partial charge in [-0.3, -0.25) is 9.59 Å². The van der Waals surface area contributed by atoms with Gasteiger partial charge in [-0.1, -0.05) is 0 Å². The average molecular weight is 404 g/mol. The van der Waals surface area contributed by atoms with Gasteiger partial charge in [0.1, 0.15) is 17.3 Å². The smallest absolute Gasteiger partial charge is 0.256 e. The topological polar surface area (TPSA) is 83.4 Å². The maximum absolute atomic E-state index is 13.1. The van der Waals surface area contributed by atoms with Gasteiger partial charge in [-0.2, -0.15) is 0 Å². The van der Waals surface area contributed by atoms with E-state index in [1.165, 1.54) is 0 Å². The first-order chi connectivity index (χ1) is 14.4. The van der Waals surface area contributed by atoms with E-state index in [2.05, 4.69) is 15.3 Å². The monoisotopic (exact) mass is 404 g/mol. The van der Waals surface area contributed by atoms with Crippen molar-refractivity contribution in [1.29, 1.82) is 0 Å². The number of carbonyl (C=O) groups is 2. The van der Waals surface area contributed by atoms with Crippen LogP contribution in [0, 0.1) is 6.92 Å². The van der Waals surface area contributed by atoms with Gasteiger partial charge in [-0.25, -0.2) is 9.97 Å². The fraction of sp³-hybridized carbons (Fsp3) is 0.364. The van der Waals surface area contributed by atoms with Gasteiger partial charge in [0, 0.05) is 51.8 Å². The largest absolute Gasteiger partial charge is 0.338 e. The molecule has 2 aliphatic rings. The summed E-state index contributed by atoms with van der Waals surface area (Å²) >= 11 is 0. The van der Waals surface area contributed by atoms with E-state index in [1.807, 2.05) is 53.6 Å². The SMILES string of the molecule is Cc1nc2cc(C(=O)N3CCC4(CC3)NC(=O)c3cccnc3N4C)ccc2n1C. The van der Waals surface area contributed by atoms with Crippen molar-refractivity contribution >= 4 is 28.7 Å². The highest BCUT2D eigenvalue weighted by Crippen LogP contribution is 2.35. The molecule has 30 heavy (non-hydrogen) atoms. The fourth-order valence-electron chi connectivity index (χ4n) is 4.58. The number of pyridine rings is 1. The van der Waals surface area contributed by atoms with Gasteiger partial charge in [-0.15, -0.1) is 0 Å². The van der Waals surface area contributed by atoms with Crippen LogP contribution in [0.15, 0.2) is 36.5 Å². The van der Waals surface area contributed by atoms with Crippen molar-refractivity contribution in [2.24, 2.45) is 7.05 Å². The maximum Gasteiger partial charge on any atom is 0.256 e. The van der Waals surface area contributed by atoms with E-state index in [-0.39, 0.29) is 11.8 Å². The molecule has 1 fully saturated rings. The zero-order valence-corrected chi connectivity index (χ0v) is 17.3. The number of amides is 2. The number of imidazole rings is 1. The summed E-state index contributed by atoms with van der Waals surface area (Å²) in [6.45, 7) is 3.07. The molecule has 0 unspecified atom stereocenters. The van der Waals surface area contributed by atoms with Gasteiger partial charge >= 0.3 is 0 Å². The van der Waals surface area contributed by atoms with Gasteiger partial charge in [0.05, 0.1) is 16.6 Å². The highest BCUT2D eigenvalue weighted by molar-refractivity contribution is 6.01. The number of anilines is 1. The molecule has 1 N–H and O–H groups in total. The number of rotatable bonds is 1. The van der Waals surface area contributed by atoms with Crippen molar-refractivity contribution in [3.8, 4) is 0 Å². The summed E-state index contributed by atoms with van der Waals surface area (Å²) in [5, 5.41) is 3.17. The summed E-state index contributed by atoms with van der Waals surface area (Å²) in [5.41, 5.74) is 2.56. The lowest BCUT2D eigenvalue weighted by Crippen LogP contribution is -2.67. The van der Waals surface area contributed by atoms with Crippen molar-refractivity contribution in [3.63, 3.8) is 0 Å². The molecule has 0 aliphatic carbocycles. The molecule has 3 aromatic rings. The van der Waals surface area contributed by atoms with Crippen LogP contribution in [0.4, 0.5) is 5.82 Å². The summed E-state index contributed by atoms with van der Waals surface area (Å²) < 4.78 is 2.02. The lowest BCUT2D eigenvalue weighted by Gasteiger charge is -2.50. The second kappa shape index (κ2) is 6.55. The Labute approximate surface area is 174 Å². The van der Waals surface area contributed by atoms with Crippen molar-refractivity contribution in [3.05, 3.63) is 53.5 Å². The fourth-order valence-corrected chi connectivity index (χ4v) is 4.58. The Morgan fingerprint density at radius 1 is 1.17 bits per heavy atom. The van der Waals surface area contributed by atoms with Gasteiger partial charge in [-0.05, 0) is 37.3 Å². The van der Waals surface area contributed by atoms with Gasteiger partial charge < -0.3 is 19.7 Å². The molecule has 5 rings (SSSR count). The van der Waals surface area contributed by atoms with E-state index in [1.54, 1.807) is 18.3 Å². The Hall–Kier alpha value is -3.42. The predicted molar refractivity (Wildman–Crippen MR) is 113 cm³/mol. The molecule has 154 valence electrons. The number of nitrogens with zero attached hydrogens (tertiary/aromatic N) is 5. The standard InChI is InChI=1S/C22H24N6O2/c1-14-24-17-13-15(6-7-18(17)26(14)2)21(30)28-11-8-22(9-12-28)25-20(29)16-5-4-10-23-19(16)27(22)3/h4-7,10,13H,8-9,11-12H2,1-3H3,(H,25,29). The Kier molecular flexibility index (Phi) is 4.06. The number of aryl methyl sites for hydroxylation is 2. The molecule has 1 saturated heterocycles. The van der Waals surface area contributed by atoms with Crippen molar-refractivity contribution in [1.82, 2.24) is 24.8 Å². The molecule has 2 aromatic heterocycles. The minimum absolute atomic E-state index is 0.00151. The molecule has 2 amide bonds. The number of aromatic nitrogens is 3. The number of hydrogen-bond donors (Lipinski definition) is 1. The molecule has 0 saturated carbocycles. The third-order valence-electron chi connectivity index (χ3n) is 6.57. The molecule has 2 aliphatic heterocycles. The minimum atomic E-state index is -0.517. The van der Waals surface area contributed by atoms with E-state index in [0.717, 1.165) is 16.9 Å². The van der Waals surface area contributed by atoms with Gasteiger partial charge in [0.2, 0.25) is 0 Å². The molecule has 8 nitrogen and oxygen atoms in total. The number of hydrogen-bond acceptors (Lipinski definition) is 5. The first-order valence-electron chi connectivity index (χ1n) is 10.1. The van der Waals surface area contributed by atoms with Crippen LogP contribution in [-0.2, 0) is 7.05 Å². The third-order valence-corrected chi connectivity index (χ3v) is 6.57. The molecular weight excluding hydrogens is 380 g/mol. The predicted octanol–water partition coefficient (Wildman–Crippen LogP) is 2.09. The molecule has 8 heteroatoms. The summed E-state index contributed by atoms with van der Waals surface area (Å²) in [6, 6.07) is 9.24. The second-order valence-electron chi connectivity index (χ2n) is 8.13. The first kappa shape index (κ1) is 18.6. The molecular formula is C22H24N6O2. The molecule has 0 bridgehead atoms. The highest BCUT2D eigenvalue weighted by Gasteiger charge is 2.45. The van der Waals surface area contributed by atoms with E-state index in [9.17, 15) is 9.59 Å². The van der Waals surface area contributed by atoms with E-state index in [0.29, 0.717) is 42.9 Å². The van der Waals surface area contributed by atoms with Crippen LogP contribution in [0.5, 0.6) is 0 Å². The Morgan fingerprint density at radius 2 is 1.93 bits per heavy atom. The zero-order valence-electron chi connectivity index (χ0n) is 17.3. The Balaban J connectivity index is 1.36. The van der Waals surface area contributed by atoms with Crippen molar-refractivity contribution < 1.29 is 9.59 Å². The van der Waals surface area contributed by atoms with Gasteiger partial charge in [0.25, 0.3) is 11.8 Å². The Morgan fingerprint density at radius 3 is 2.70 bits per heavy atom. The molecule has 4 heterocycles. The third kappa shape index (κ3) is 2.67. The summed E-state index contributed by atoms with van der Waals surface area (Å²) in [6.07, 6.45) is 2.99. The minimum Gasteiger partial charge on any atom is -0.338 e. The van der Waals surface area contributed by atoms with E-state index < -0.39 is 5.66 Å². The van der Waals surface area contributed by atoms with Crippen molar-refractivity contribution in [2.75, 3.05) is 25.0 Å². The summed E-state index contributed by atoms with van der Waals surface area (Å²) in [4.78, 5) is 38.6. The first-order valence-corrected chi connectivity index (χ1v) is 10.1. The molecule has 0 atom stereocenters. The maximum atomic E-state index is 13.1. The Bertz CT molecular complexity index is 1180. The van der Waals surface area contributed by atoms with E-state index in [4.69, 9.17) is 0 Å². The van der Waals surface area contributed by atoms with Crippen LogP contribution in [-0.4, -0.2) is 57.0 Å². The number of carbonyl (C=O) groups excluding carboxylic acids is 2. The number of fused-ring (bicyclic) bond motifs is 2. The lowest BCUT2D eigenvalue weighted by molar-refractivity contribution is 0.0608. The van der Waals surface area contributed by atoms with Crippen LogP contribution < -0.4 is 10.2 Å². The normalized spacial score (nSPS) is 17.9. The second-order valence-corrected chi connectivity index (χ2v) is 8.13. The van der Waals surface area contributed by atoms with Crippen molar-refractivity contribution in [2.45, 2.75) is 25.4 Å². The molecule has 1 spiro atoms. The zero-order chi connectivity index (χ0) is 21.0. The number of likely N-dealkylation sites (tertiary alicyclic amines) is 1. The molecule has 1 aromatic carbocycles. The number of benzene rings is 1. The quantitative estimate of drug-likeness (QED) is 0.672. The lowest BCUT2D eigenvalue weighted by atomic mass is 9.91. The van der Waals surface area contributed by atoms with Crippen LogP contribution >= 0.6 is 0 Å². The van der Waals surface area contributed by atoms with Crippen LogP contribution in [0.25, 0.3) is 11.0 Å². The van der Waals surface area contributed by atoms with E-state index >= 15 is 0 Å². The average Bonchev–Trinajstić information content (AvgIpc) is 3.05. The van der Waals surface area contributed by atoms with Crippen LogP contribution in [0.3, 0.4) is 0 Å². The summed E-state index contributed by atoms with van der Waals surface area (Å²) in [7, 11) is 3.93. The van der Waals surface area contributed by atoms with Gasteiger partial charge in [0.15, 0.2) is 0 Å². The number of piperidine rings is 1.